The van der Waals surface area contributed by atoms with Gasteiger partial charge in [-0.1, -0.05) is 36.9 Å². The number of allylic oxidation sites excluding steroid dienone is 1. The lowest BCUT2D eigenvalue weighted by molar-refractivity contribution is -0.111. The maximum Gasteiger partial charge on any atom is 0.247 e. The number of ether oxygens (including phenoxy) is 1. The Bertz CT molecular complexity index is 1420. The number of hydrogen-bond acceptors (Lipinski definition) is 7. The Morgan fingerprint density at radius 2 is 1.79 bits per heavy atom. The number of carbonyl (C=O) groups excluding carboxylic acids is 1. The highest BCUT2D eigenvalue weighted by molar-refractivity contribution is 7.70. The molecule has 0 saturated carbocycles. The van der Waals surface area contributed by atoms with Crippen LogP contribution in [-0.4, -0.2) is 70.3 Å². The van der Waals surface area contributed by atoms with Crippen LogP contribution in [-0.2, 0) is 9.36 Å². The van der Waals surface area contributed by atoms with E-state index < -0.39 is 7.14 Å². The predicted octanol–water partition coefficient (Wildman–Crippen LogP) is 6.13. The minimum Gasteiger partial charge on any atom is -0.494 e. The summed E-state index contributed by atoms with van der Waals surface area (Å²) >= 11 is 6.49. The third-order valence-corrected chi connectivity index (χ3v) is 8.92. The van der Waals surface area contributed by atoms with Crippen molar-refractivity contribution in [2.45, 2.75) is 25.8 Å². The number of amidine groups is 1. The zero-order valence-corrected chi connectivity index (χ0v) is 27.0. The average Bonchev–Trinajstić information content (AvgIpc) is 2.95. The standard InChI is InChI=1S/C31H42ClN6O3P/c1-9-31(39)36-26-18-27(29(41-6)19-28(26)38-16-14-23(15-17-38)37(4)5)35-22(3)33-20-24(32)21(2)34-25-12-10-11-13-30(25)42(7,8)40/h9-13,18-20,23,34H,1-2,14-17H2,3-8H3,(H,33,35)(H,36,39)/b24-20+. The number of carbonyl (C=O) groups is 1. The van der Waals surface area contributed by atoms with E-state index in [0.717, 1.165) is 31.6 Å². The normalized spacial score (nSPS) is 14.9. The minimum atomic E-state index is -2.51. The third kappa shape index (κ3) is 8.74. The van der Waals surface area contributed by atoms with Gasteiger partial charge in [-0.3, -0.25) is 4.79 Å². The second kappa shape index (κ2) is 14.6. The van der Waals surface area contributed by atoms with Gasteiger partial charge in [0.25, 0.3) is 0 Å². The topological polar surface area (TPSA) is 98.3 Å². The molecule has 1 aliphatic heterocycles. The molecule has 0 atom stereocenters. The van der Waals surface area contributed by atoms with Gasteiger partial charge in [0.15, 0.2) is 0 Å². The molecule has 3 rings (SSSR count). The van der Waals surface area contributed by atoms with Crippen molar-refractivity contribution in [2.75, 3.05) is 68.5 Å². The van der Waals surface area contributed by atoms with E-state index in [9.17, 15) is 9.36 Å². The van der Waals surface area contributed by atoms with Gasteiger partial charge in [-0.2, -0.15) is 0 Å². The van der Waals surface area contributed by atoms with Crippen LogP contribution in [0, 0.1) is 0 Å². The van der Waals surface area contributed by atoms with E-state index in [1.54, 1.807) is 27.4 Å². The van der Waals surface area contributed by atoms with Crippen LogP contribution in [0.2, 0.25) is 0 Å². The number of benzene rings is 2. The fourth-order valence-electron chi connectivity index (χ4n) is 4.73. The summed E-state index contributed by atoms with van der Waals surface area (Å²) in [5.41, 5.74) is 3.26. The molecule has 2 aromatic rings. The summed E-state index contributed by atoms with van der Waals surface area (Å²) in [4.78, 5) is 21.3. The minimum absolute atomic E-state index is 0.287. The van der Waals surface area contributed by atoms with E-state index in [4.69, 9.17) is 16.3 Å². The van der Waals surface area contributed by atoms with E-state index in [1.807, 2.05) is 36.4 Å². The number of amides is 1. The molecule has 42 heavy (non-hydrogen) atoms. The monoisotopic (exact) mass is 612 g/mol. The van der Waals surface area contributed by atoms with Gasteiger partial charge in [0.2, 0.25) is 5.91 Å². The Morgan fingerprint density at radius 3 is 2.38 bits per heavy atom. The number of nitrogens with zero attached hydrogens (tertiary/aromatic N) is 3. The average molecular weight is 613 g/mol. The summed E-state index contributed by atoms with van der Waals surface area (Å²) in [6.07, 6.45) is 4.77. The lowest BCUT2D eigenvalue weighted by Crippen LogP contribution is -2.42. The van der Waals surface area contributed by atoms with Gasteiger partial charge in [-0.15, -0.1) is 0 Å². The molecular formula is C31H42ClN6O3P. The first-order chi connectivity index (χ1) is 19.8. The molecule has 0 spiro atoms. The molecule has 0 aromatic heterocycles. The molecule has 2 aromatic carbocycles. The van der Waals surface area contributed by atoms with Crippen LogP contribution in [0.5, 0.6) is 5.75 Å². The summed E-state index contributed by atoms with van der Waals surface area (Å²) < 4.78 is 18.4. The Labute approximate surface area is 254 Å². The van der Waals surface area contributed by atoms with Crippen LogP contribution in [0.25, 0.3) is 0 Å². The Kier molecular flexibility index (Phi) is 11.5. The van der Waals surface area contributed by atoms with Crippen LogP contribution in [0.4, 0.5) is 22.7 Å². The molecule has 11 heteroatoms. The number of methoxy groups -OCH3 is 1. The highest BCUT2D eigenvalue weighted by Gasteiger charge is 2.24. The zero-order chi connectivity index (χ0) is 31.0. The highest BCUT2D eigenvalue weighted by Crippen LogP contribution is 2.39. The Balaban J connectivity index is 1.83. The van der Waals surface area contributed by atoms with Gasteiger partial charge < -0.3 is 35.1 Å². The quantitative estimate of drug-likeness (QED) is 0.0923. The van der Waals surface area contributed by atoms with E-state index in [-0.39, 0.29) is 10.9 Å². The molecule has 1 saturated heterocycles. The third-order valence-electron chi connectivity index (χ3n) is 7.04. The molecule has 0 bridgehead atoms. The van der Waals surface area contributed by atoms with Crippen molar-refractivity contribution in [1.29, 1.82) is 0 Å². The smallest absolute Gasteiger partial charge is 0.247 e. The van der Waals surface area contributed by atoms with Crippen LogP contribution in [0.15, 0.2) is 77.6 Å². The number of rotatable bonds is 11. The fraction of sp³-hybridized carbons (Fsp3) is 0.355. The fourth-order valence-corrected chi connectivity index (χ4v) is 5.99. The van der Waals surface area contributed by atoms with Crippen LogP contribution < -0.4 is 30.9 Å². The van der Waals surface area contributed by atoms with Gasteiger partial charge in [0.1, 0.15) is 18.7 Å². The maximum atomic E-state index is 12.7. The SMILES string of the molecule is C=CC(=O)Nc1cc(N/C(C)=N/C=C(/Cl)C(=C)Nc2ccccc2P(C)(C)=O)c(OC)cc1N1CCC(N(C)C)CC1. The van der Waals surface area contributed by atoms with E-state index in [0.29, 0.717) is 45.7 Å². The molecule has 0 aliphatic carbocycles. The van der Waals surface area contributed by atoms with Gasteiger partial charge in [-0.05, 0) is 71.5 Å². The number of para-hydroxylation sites is 1. The highest BCUT2D eigenvalue weighted by atomic mass is 35.5. The van der Waals surface area contributed by atoms with Gasteiger partial charge in [0, 0.05) is 42.4 Å². The van der Waals surface area contributed by atoms with Crippen molar-refractivity contribution in [3.05, 3.63) is 72.6 Å². The number of nitrogens with one attached hydrogen (secondary N) is 3. The number of piperidine rings is 1. The lowest BCUT2D eigenvalue weighted by Gasteiger charge is -2.37. The van der Waals surface area contributed by atoms with Crippen molar-refractivity contribution in [3.63, 3.8) is 0 Å². The molecular weight excluding hydrogens is 571 g/mol. The molecule has 1 aliphatic rings. The van der Waals surface area contributed by atoms with E-state index >= 15 is 0 Å². The maximum absolute atomic E-state index is 12.7. The molecule has 1 amide bonds. The Hall–Kier alpha value is -3.52. The summed E-state index contributed by atoms with van der Waals surface area (Å²) in [5, 5.41) is 10.4. The number of hydrogen-bond donors (Lipinski definition) is 3. The summed E-state index contributed by atoms with van der Waals surface area (Å²) in [6, 6.07) is 11.7. The number of halogens is 1. The van der Waals surface area contributed by atoms with Crippen molar-refractivity contribution in [3.8, 4) is 5.75 Å². The number of aliphatic imine (C=N–C) groups is 1. The van der Waals surface area contributed by atoms with E-state index in [1.165, 1.54) is 12.3 Å². The van der Waals surface area contributed by atoms with Gasteiger partial charge in [0.05, 0.1) is 34.9 Å². The van der Waals surface area contributed by atoms with E-state index in [2.05, 4.69) is 58.0 Å². The molecule has 0 radical (unpaired) electrons. The molecule has 9 nitrogen and oxygen atoms in total. The lowest BCUT2D eigenvalue weighted by atomic mass is 10.0. The molecule has 0 unspecified atom stereocenters. The number of anilines is 4. The first-order valence-electron chi connectivity index (χ1n) is 13.7. The van der Waals surface area contributed by atoms with Crippen LogP contribution in [0.3, 0.4) is 0 Å². The molecule has 1 fully saturated rings. The van der Waals surface area contributed by atoms with Gasteiger partial charge in [-0.25, -0.2) is 4.99 Å². The van der Waals surface area contributed by atoms with Crippen molar-refractivity contribution < 1.29 is 14.1 Å². The molecule has 1 heterocycles. The largest absolute Gasteiger partial charge is 0.494 e. The van der Waals surface area contributed by atoms with Crippen molar-refractivity contribution in [1.82, 2.24) is 4.90 Å². The van der Waals surface area contributed by atoms with Gasteiger partial charge >= 0.3 is 0 Å². The second-order valence-corrected chi connectivity index (χ2v) is 14.3. The second-order valence-electron chi connectivity index (χ2n) is 10.7. The molecule has 3 N–H and O–H groups in total. The van der Waals surface area contributed by atoms with Crippen LogP contribution in [0.1, 0.15) is 19.8 Å². The Morgan fingerprint density at radius 1 is 1.12 bits per heavy atom. The molecule has 226 valence electrons. The summed E-state index contributed by atoms with van der Waals surface area (Å²) in [5.74, 6) is 0.838. The predicted molar refractivity (Wildman–Crippen MR) is 180 cm³/mol. The first kappa shape index (κ1) is 33.0. The van der Waals surface area contributed by atoms with Crippen molar-refractivity contribution in [2.24, 2.45) is 4.99 Å². The van der Waals surface area contributed by atoms with Crippen LogP contribution >= 0.6 is 18.7 Å². The zero-order valence-electron chi connectivity index (χ0n) is 25.3. The summed E-state index contributed by atoms with van der Waals surface area (Å²) in [6.45, 7) is 14.5. The van der Waals surface area contributed by atoms with Crippen molar-refractivity contribution >= 4 is 58.5 Å². The summed E-state index contributed by atoms with van der Waals surface area (Å²) in [7, 11) is 3.31. The first-order valence-corrected chi connectivity index (χ1v) is 16.7.